The van der Waals surface area contributed by atoms with Crippen LogP contribution in [0, 0.1) is 6.92 Å². The van der Waals surface area contributed by atoms with Crippen molar-refractivity contribution in [3.8, 4) is 5.75 Å². The summed E-state index contributed by atoms with van der Waals surface area (Å²) in [5.74, 6) is 2.91. The Balaban J connectivity index is 1.51. The first-order valence-electron chi connectivity index (χ1n) is 8.14. The zero-order valence-corrected chi connectivity index (χ0v) is 16.3. The second kappa shape index (κ2) is 8.88. The second-order valence-electron chi connectivity index (χ2n) is 5.82. The van der Waals surface area contributed by atoms with Crippen molar-refractivity contribution >= 4 is 46.7 Å². The fourth-order valence-electron chi connectivity index (χ4n) is 2.46. The van der Waals surface area contributed by atoms with Crippen molar-refractivity contribution < 1.29 is 9.53 Å². The fourth-order valence-corrected chi connectivity index (χ4v) is 5.63. The van der Waals surface area contributed by atoms with Crippen LogP contribution in [0.15, 0.2) is 42.5 Å². The minimum absolute atomic E-state index is 0.0452. The summed E-state index contributed by atoms with van der Waals surface area (Å²) in [7, 11) is 0. The van der Waals surface area contributed by atoms with Gasteiger partial charge in [0.1, 0.15) is 5.75 Å². The summed E-state index contributed by atoms with van der Waals surface area (Å²) in [5.41, 5.74) is 2.95. The molecule has 0 radical (unpaired) electrons. The molecule has 1 fully saturated rings. The molecule has 0 aromatic heterocycles. The van der Waals surface area contributed by atoms with E-state index >= 15 is 0 Å². The molecule has 1 N–H and O–H groups in total. The van der Waals surface area contributed by atoms with Crippen LogP contribution in [0.2, 0.25) is 5.02 Å². The van der Waals surface area contributed by atoms with Gasteiger partial charge in [-0.25, -0.2) is 0 Å². The molecule has 25 heavy (non-hydrogen) atoms. The quantitative estimate of drug-likeness (QED) is 0.724. The summed E-state index contributed by atoms with van der Waals surface area (Å²) >= 11 is 10.1. The molecule has 132 valence electrons. The largest absolute Gasteiger partial charge is 0.484 e. The highest BCUT2D eigenvalue weighted by molar-refractivity contribution is 8.16. The monoisotopic (exact) mass is 393 g/mol. The molecule has 3 rings (SSSR count). The van der Waals surface area contributed by atoms with Gasteiger partial charge in [-0.05, 0) is 60.2 Å². The molecule has 6 heteroatoms. The van der Waals surface area contributed by atoms with Crippen LogP contribution in [-0.2, 0) is 4.79 Å². The zero-order chi connectivity index (χ0) is 17.6. The van der Waals surface area contributed by atoms with Crippen molar-refractivity contribution in [1.29, 1.82) is 0 Å². The number of amides is 1. The second-order valence-corrected chi connectivity index (χ2v) is 8.95. The third-order valence-electron chi connectivity index (χ3n) is 3.75. The lowest BCUT2D eigenvalue weighted by atomic mass is 10.2. The SMILES string of the molecule is Cc1ccc(NC(=O)COc2ccc(C3SCCCS3)cc2)c(Cl)c1. The van der Waals surface area contributed by atoms with Crippen LogP contribution >= 0.6 is 35.1 Å². The van der Waals surface area contributed by atoms with Crippen LogP contribution in [0.5, 0.6) is 5.75 Å². The van der Waals surface area contributed by atoms with Crippen molar-refractivity contribution in [2.24, 2.45) is 0 Å². The average Bonchev–Trinajstić information content (AvgIpc) is 2.63. The van der Waals surface area contributed by atoms with E-state index in [1.54, 1.807) is 6.07 Å². The van der Waals surface area contributed by atoms with Gasteiger partial charge < -0.3 is 10.1 Å². The number of ether oxygens (including phenoxy) is 1. The van der Waals surface area contributed by atoms with Crippen LogP contribution in [0.4, 0.5) is 5.69 Å². The van der Waals surface area contributed by atoms with Gasteiger partial charge in [0.05, 0.1) is 15.3 Å². The van der Waals surface area contributed by atoms with Crippen LogP contribution in [0.3, 0.4) is 0 Å². The molecule has 1 saturated heterocycles. The summed E-state index contributed by atoms with van der Waals surface area (Å²) < 4.78 is 6.09. The number of rotatable bonds is 5. The van der Waals surface area contributed by atoms with Gasteiger partial charge in [-0.2, -0.15) is 0 Å². The smallest absolute Gasteiger partial charge is 0.262 e. The molecule has 0 spiro atoms. The van der Waals surface area contributed by atoms with Gasteiger partial charge in [-0.1, -0.05) is 29.8 Å². The minimum Gasteiger partial charge on any atom is -0.484 e. The maximum absolute atomic E-state index is 12.0. The number of carbonyl (C=O) groups excluding carboxylic acids is 1. The molecule has 3 nitrogen and oxygen atoms in total. The number of halogens is 1. The lowest BCUT2D eigenvalue weighted by Crippen LogP contribution is -2.20. The maximum Gasteiger partial charge on any atom is 0.262 e. The van der Waals surface area contributed by atoms with E-state index in [1.807, 2.05) is 54.7 Å². The van der Waals surface area contributed by atoms with Crippen LogP contribution in [-0.4, -0.2) is 24.0 Å². The summed E-state index contributed by atoms with van der Waals surface area (Å²) in [6.45, 7) is 1.91. The third-order valence-corrected chi connectivity index (χ3v) is 7.08. The number of anilines is 1. The molecule has 0 unspecified atom stereocenters. The average molecular weight is 394 g/mol. The van der Waals surface area contributed by atoms with E-state index in [9.17, 15) is 4.79 Å². The molecule has 0 atom stereocenters. The Morgan fingerprint density at radius 2 is 1.92 bits per heavy atom. The summed E-state index contributed by atoms with van der Waals surface area (Å²) in [6, 6.07) is 13.5. The number of carbonyl (C=O) groups is 1. The highest BCUT2D eigenvalue weighted by atomic mass is 35.5. The number of aryl methyl sites for hydroxylation is 1. The molecule has 0 bridgehead atoms. The van der Waals surface area contributed by atoms with Crippen LogP contribution in [0.25, 0.3) is 0 Å². The fraction of sp³-hybridized carbons (Fsp3) is 0.316. The Hall–Kier alpha value is -1.30. The molecular weight excluding hydrogens is 374 g/mol. The molecular formula is C19H20ClNO2S2. The molecule has 1 amide bonds. The Morgan fingerprint density at radius 3 is 2.60 bits per heavy atom. The molecule has 1 aliphatic heterocycles. The summed E-state index contributed by atoms with van der Waals surface area (Å²) in [6.07, 6.45) is 1.28. The first-order chi connectivity index (χ1) is 12.1. The van der Waals surface area contributed by atoms with Gasteiger partial charge >= 0.3 is 0 Å². The van der Waals surface area contributed by atoms with Gasteiger partial charge in [0.15, 0.2) is 6.61 Å². The summed E-state index contributed by atoms with van der Waals surface area (Å²) in [4.78, 5) is 12.0. The van der Waals surface area contributed by atoms with Crippen molar-refractivity contribution in [1.82, 2.24) is 0 Å². The van der Waals surface area contributed by atoms with Crippen molar-refractivity contribution in [3.05, 3.63) is 58.6 Å². The van der Waals surface area contributed by atoms with Gasteiger partial charge in [0, 0.05) is 0 Å². The normalized spacial score (nSPS) is 15.0. The number of benzene rings is 2. The predicted octanol–water partition coefficient (Wildman–Crippen LogP) is 5.53. The van der Waals surface area contributed by atoms with Gasteiger partial charge in [-0.15, -0.1) is 23.5 Å². The summed E-state index contributed by atoms with van der Waals surface area (Å²) in [5, 5.41) is 3.30. The van der Waals surface area contributed by atoms with E-state index in [2.05, 4.69) is 17.4 Å². The molecule has 1 aliphatic rings. The number of thioether (sulfide) groups is 2. The Labute approximate surface area is 161 Å². The minimum atomic E-state index is -0.228. The van der Waals surface area contributed by atoms with E-state index in [1.165, 1.54) is 23.5 Å². The highest BCUT2D eigenvalue weighted by Gasteiger charge is 2.16. The third kappa shape index (κ3) is 5.33. The van der Waals surface area contributed by atoms with Crippen LogP contribution in [0.1, 0.15) is 22.1 Å². The maximum atomic E-state index is 12.0. The first-order valence-corrected chi connectivity index (χ1v) is 10.6. The Bertz CT molecular complexity index is 731. The molecule has 0 saturated carbocycles. The van der Waals surface area contributed by atoms with Crippen molar-refractivity contribution in [2.45, 2.75) is 17.9 Å². The molecule has 1 heterocycles. The van der Waals surface area contributed by atoms with E-state index in [0.717, 1.165) is 5.56 Å². The Kier molecular flexibility index (Phi) is 6.57. The number of hydrogen-bond acceptors (Lipinski definition) is 4. The van der Waals surface area contributed by atoms with E-state index < -0.39 is 0 Å². The topological polar surface area (TPSA) is 38.3 Å². The first kappa shape index (κ1) is 18.5. The van der Waals surface area contributed by atoms with E-state index in [-0.39, 0.29) is 12.5 Å². The standard InChI is InChI=1S/C19H20ClNO2S2/c1-13-3-8-17(16(20)11-13)21-18(22)12-23-15-6-4-14(5-7-15)19-24-9-2-10-25-19/h3-8,11,19H,2,9-10,12H2,1H3,(H,21,22). The molecule has 2 aromatic carbocycles. The van der Waals surface area contributed by atoms with Gasteiger partial charge in [0.2, 0.25) is 0 Å². The number of nitrogens with one attached hydrogen (secondary N) is 1. The predicted molar refractivity (Wildman–Crippen MR) is 109 cm³/mol. The zero-order valence-electron chi connectivity index (χ0n) is 14.0. The Morgan fingerprint density at radius 1 is 1.20 bits per heavy atom. The molecule has 0 aliphatic carbocycles. The number of hydrogen-bond donors (Lipinski definition) is 1. The highest BCUT2D eigenvalue weighted by Crippen LogP contribution is 2.43. The van der Waals surface area contributed by atoms with Gasteiger partial charge in [0.25, 0.3) is 5.91 Å². The van der Waals surface area contributed by atoms with Crippen LogP contribution < -0.4 is 10.1 Å². The van der Waals surface area contributed by atoms with E-state index in [4.69, 9.17) is 16.3 Å². The van der Waals surface area contributed by atoms with Crippen molar-refractivity contribution in [2.75, 3.05) is 23.4 Å². The van der Waals surface area contributed by atoms with E-state index in [0.29, 0.717) is 21.0 Å². The lowest BCUT2D eigenvalue weighted by Gasteiger charge is -2.21. The van der Waals surface area contributed by atoms with Crippen molar-refractivity contribution in [3.63, 3.8) is 0 Å². The van der Waals surface area contributed by atoms with Gasteiger partial charge in [-0.3, -0.25) is 4.79 Å². The molecule has 2 aromatic rings. The lowest BCUT2D eigenvalue weighted by molar-refractivity contribution is -0.118.